The van der Waals surface area contributed by atoms with Crippen molar-refractivity contribution in [3.63, 3.8) is 0 Å². The first-order valence-corrected chi connectivity index (χ1v) is 9.76. The van der Waals surface area contributed by atoms with Gasteiger partial charge in [0.2, 0.25) is 0 Å². The topological polar surface area (TPSA) is 34.1 Å². The van der Waals surface area contributed by atoms with E-state index in [9.17, 15) is 9.59 Å². The molecule has 0 amide bonds. The Hall–Kier alpha value is -3.00. The first-order valence-electron chi connectivity index (χ1n) is 9.76. The van der Waals surface area contributed by atoms with Crippen LogP contribution in [0.4, 0.5) is 0 Å². The van der Waals surface area contributed by atoms with Crippen molar-refractivity contribution in [1.82, 2.24) is 0 Å². The number of carbonyl (C=O) groups is 2. The highest BCUT2D eigenvalue weighted by Crippen LogP contribution is 2.20. The molecule has 0 unspecified atom stereocenters. The van der Waals surface area contributed by atoms with E-state index in [1.165, 1.54) is 0 Å². The van der Waals surface area contributed by atoms with Crippen LogP contribution in [0.5, 0.6) is 0 Å². The molecule has 0 aliphatic carbocycles. The number of rotatable bonds is 6. The van der Waals surface area contributed by atoms with Crippen LogP contribution in [0, 0.1) is 0 Å². The van der Waals surface area contributed by atoms with Gasteiger partial charge in [-0.1, -0.05) is 88.4 Å². The second-order valence-corrected chi connectivity index (χ2v) is 7.80. The molecule has 3 rings (SSSR count). The molecule has 3 aromatic carbocycles. The molecule has 0 N–H and O–H groups in total. The van der Waals surface area contributed by atoms with Gasteiger partial charge in [-0.3, -0.25) is 9.59 Å². The van der Waals surface area contributed by atoms with E-state index in [0.29, 0.717) is 34.1 Å². The lowest BCUT2D eigenvalue weighted by molar-refractivity contribution is 0.102. The third kappa shape index (κ3) is 4.28. The molecule has 2 nitrogen and oxygen atoms in total. The highest BCUT2D eigenvalue weighted by Gasteiger charge is 2.14. The molecule has 0 spiro atoms. The molecule has 28 heavy (non-hydrogen) atoms. The van der Waals surface area contributed by atoms with Crippen LogP contribution in [0.25, 0.3) is 0 Å². The lowest BCUT2D eigenvalue weighted by Gasteiger charge is -2.09. The number of hydrogen-bond donors (Lipinski definition) is 0. The van der Waals surface area contributed by atoms with Crippen LogP contribution >= 0.6 is 0 Å². The highest BCUT2D eigenvalue weighted by molar-refractivity contribution is 6.11. The van der Waals surface area contributed by atoms with E-state index in [2.05, 4.69) is 27.7 Å². The van der Waals surface area contributed by atoms with Gasteiger partial charge in [-0.2, -0.15) is 0 Å². The Bertz CT molecular complexity index is 912. The normalized spacial score (nSPS) is 11.1. The predicted octanol–water partition coefficient (Wildman–Crippen LogP) is 6.40. The van der Waals surface area contributed by atoms with Crippen molar-refractivity contribution in [3.8, 4) is 0 Å². The zero-order chi connectivity index (χ0) is 20.3. The van der Waals surface area contributed by atoms with Gasteiger partial charge in [-0.05, 0) is 35.1 Å². The van der Waals surface area contributed by atoms with Gasteiger partial charge in [-0.15, -0.1) is 0 Å². The van der Waals surface area contributed by atoms with Crippen molar-refractivity contribution in [3.05, 3.63) is 106 Å². The number of hydrogen-bond acceptors (Lipinski definition) is 2. The Labute approximate surface area is 167 Å². The van der Waals surface area contributed by atoms with Crippen LogP contribution in [0.15, 0.2) is 72.8 Å². The van der Waals surface area contributed by atoms with Crippen LogP contribution < -0.4 is 0 Å². The highest BCUT2D eigenvalue weighted by atomic mass is 16.1. The molecule has 0 aromatic heterocycles. The van der Waals surface area contributed by atoms with E-state index in [-0.39, 0.29) is 11.6 Å². The second-order valence-electron chi connectivity index (χ2n) is 7.80. The van der Waals surface area contributed by atoms with Crippen LogP contribution in [0.3, 0.4) is 0 Å². The van der Waals surface area contributed by atoms with Crippen molar-refractivity contribution < 1.29 is 9.59 Å². The maximum Gasteiger partial charge on any atom is 0.193 e. The van der Waals surface area contributed by atoms with E-state index < -0.39 is 0 Å². The lowest BCUT2D eigenvalue weighted by Crippen LogP contribution is -2.05. The van der Waals surface area contributed by atoms with E-state index in [0.717, 1.165) is 11.1 Å². The van der Waals surface area contributed by atoms with Gasteiger partial charge in [0.25, 0.3) is 0 Å². The van der Waals surface area contributed by atoms with Crippen molar-refractivity contribution in [2.45, 2.75) is 39.5 Å². The van der Waals surface area contributed by atoms with Gasteiger partial charge in [0.05, 0.1) is 0 Å². The van der Waals surface area contributed by atoms with Crippen molar-refractivity contribution in [1.29, 1.82) is 0 Å². The molecule has 0 saturated carbocycles. The van der Waals surface area contributed by atoms with Crippen molar-refractivity contribution >= 4 is 11.6 Å². The average molecular weight is 370 g/mol. The molecule has 3 aromatic rings. The number of ketones is 2. The van der Waals surface area contributed by atoms with Crippen LogP contribution in [-0.4, -0.2) is 11.6 Å². The minimum Gasteiger partial charge on any atom is -0.289 e. The molecule has 0 fully saturated rings. The second kappa shape index (κ2) is 8.35. The van der Waals surface area contributed by atoms with Crippen LogP contribution in [0.1, 0.15) is 82.5 Å². The summed E-state index contributed by atoms with van der Waals surface area (Å²) in [5.74, 6) is 0.690. The summed E-state index contributed by atoms with van der Waals surface area (Å²) in [5.41, 5.74) is 4.82. The van der Waals surface area contributed by atoms with Crippen LogP contribution in [-0.2, 0) is 0 Å². The molecule has 0 radical (unpaired) electrons. The third-order valence-electron chi connectivity index (χ3n) is 5.04. The van der Waals surface area contributed by atoms with Gasteiger partial charge in [-0.25, -0.2) is 0 Å². The predicted molar refractivity (Wildman–Crippen MR) is 114 cm³/mol. The van der Waals surface area contributed by atoms with Crippen molar-refractivity contribution in [2.75, 3.05) is 0 Å². The molecule has 2 heteroatoms. The quantitative estimate of drug-likeness (QED) is 0.471. The molecule has 0 aliphatic rings. The molecular weight excluding hydrogens is 344 g/mol. The van der Waals surface area contributed by atoms with Crippen molar-refractivity contribution in [2.24, 2.45) is 0 Å². The Balaban J connectivity index is 1.83. The van der Waals surface area contributed by atoms with Gasteiger partial charge < -0.3 is 0 Å². The lowest BCUT2D eigenvalue weighted by atomic mass is 9.94. The van der Waals surface area contributed by atoms with E-state index in [1.807, 2.05) is 48.5 Å². The molecule has 0 heterocycles. The summed E-state index contributed by atoms with van der Waals surface area (Å²) in [6.07, 6.45) is 0. The molecule has 0 saturated heterocycles. The minimum absolute atomic E-state index is 0.0247. The van der Waals surface area contributed by atoms with Crippen LogP contribution in [0.2, 0.25) is 0 Å². The molecule has 0 bridgehead atoms. The maximum absolute atomic E-state index is 12.8. The Morgan fingerprint density at radius 3 is 1.21 bits per heavy atom. The molecule has 142 valence electrons. The zero-order valence-electron chi connectivity index (χ0n) is 16.9. The molecule has 0 aliphatic heterocycles. The summed E-state index contributed by atoms with van der Waals surface area (Å²) in [6, 6.07) is 22.4. The average Bonchev–Trinajstić information content (AvgIpc) is 2.73. The first-order chi connectivity index (χ1) is 13.4. The standard InChI is InChI=1S/C26H26O2/c1-17(2)21-7-5-9-23(15-21)25(27)19-11-13-20(14-12-19)26(28)24-10-6-8-22(16-24)18(3)4/h5-18H,1-4H3. The summed E-state index contributed by atoms with van der Waals surface area (Å²) in [7, 11) is 0. The fraction of sp³-hybridized carbons (Fsp3) is 0.231. The van der Waals surface area contributed by atoms with E-state index in [1.54, 1.807) is 24.3 Å². The largest absolute Gasteiger partial charge is 0.289 e. The fourth-order valence-corrected chi connectivity index (χ4v) is 3.18. The summed E-state index contributed by atoms with van der Waals surface area (Å²) in [5, 5.41) is 0. The fourth-order valence-electron chi connectivity index (χ4n) is 3.18. The first kappa shape index (κ1) is 19.8. The van der Waals surface area contributed by atoms with Gasteiger partial charge >= 0.3 is 0 Å². The Morgan fingerprint density at radius 1 is 0.536 bits per heavy atom. The molecule has 0 atom stereocenters. The summed E-state index contributed by atoms with van der Waals surface area (Å²) in [6.45, 7) is 8.44. The van der Waals surface area contributed by atoms with Gasteiger partial charge in [0, 0.05) is 22.3 Å². The summed E-state index contributed by atoms with van der Waals surface area (Å²) < 4.78 is 0. The Kier molecular flexibility index (Phi) is 5.89. The van der Waals surface area contributed by atoms with Gasteiger partial charge in [0.15, 0.2) is 11.6 Å². The SMILES string of the molecule is CC(C)c1cccc(C(=O)c2ccc(C(=O)c3cccc(C(C)C)c3)cc2)c1. The zero-order valence-corrected chi connectivity index (χ0v) is 16.9. The number of carbonyl (C=O) groups excluding carboxylic acids is 2. The maximum atomic E-state index is 12.8. The van der Waals surface area contributed by atoms with E-state index in [4.69, 9.17) is 0 Å². The van der Waals surface area contributed by atoms with E-state index >= 15 is 0 Å². The Morgan fingerprint density at radius 2 is 0.893 bits per heavy atom. The van der Waals surface area contributed by atoms with Gasteiger partial charge in [0.1, 0.15) is 0 Å². The monoisotopic (exact) mass is 370 g/mol. The summed E-state index contributed by atoms with van der Waals surface area (Å²) >= 11 is 0. The number of benzene rings is 3. The minimum atomic E-state index is -0.0247. The summed E-state index contributed by atoms with van der Waals surface area (Å²) in [4.78, 5) is 25.6. The smallest absolute Gasteiger partial charge is 0.193 e. The third-order valence-corrected chi connectivity index (χ3v) is 5.04. The molecular formula is C26H26O2.